The summed E-state index contributed by atoms with van der Waals surface area (Å²) in [5.74, 6) is -3.49. The molecule has 3 amide bonds. The minimum atomic E-state index is -1.33. The maximum atomic E-state index is 12.9. The van der Waals surface area contributed by atoms with E-state index in [-0.39, 0.29) is 12.3 Å². The molecule has 0 saturated heterocycles. The number of carbonyl (C=O) groups is 4. The van der Waals surface area contributed by atoms with E-state index < -0.39 is 59.9 Å². The molecule has 0 spiro atoms. The molecule has 0 heterocycles. The van der Waals surface area contributed by atoms with Crippen molar-refractivity contribution < 1.29 is 29.4 Å². The van der Waals surface area contributed by atoms with Crippen LogP contribution in [0.25, 0.3) is 0 Å². The molecule has 5 unspecified atom stereocenters. The Morgan fingerprint density at radius 3 is 1.85 bits per heavy atom. The average Bonchev–Trinajstić information content (AvgIpc) is 2.74. The summed E-state index contributed by atoms with van der Waals surface area (Å²) in [6.07, 6.45) is -0.786. The fourth-order valence-corrected chi connectivity index (χ4v) is 3.37. The van der Waals surface area contributed by atoms with Crippen molar-refractivity contribution in [3.63, 3.8) is 0 Å². The summed E-state index contributed by atoms with van der Waals surface area (Å²) >= 11 is 0. The topological polar surface area (TPSA) is 171 Å². The first-order valence-electron chi connectivity index (χ1n) is 11.4. The molecule has 0 aromatic heterocycles. The normalized spacial score (nSPS) is 15.7. The molecule has 1 aromatic carbocycles. The van der Waals surface area contributed by atoms with Crippen LogP contribution in [-0.2, 0) is 25.6 Å². The van der Waals surface area contributed by atoms with Crippen LogP contribution in [0.2, 0.25) is 0 Å². The molecule has 34 heavy (non-hydrogen) atoms. The van der Waals surface area contributed by atoms with Gasteiger partial charge in [0, 0.05) is 6.42 Å². The van der Waals surface area contributed by atoms with Gasteiger partial charge in [-0.05, 0) is 30.7 Å². The van der Waals surface area contributed by atoms with Gasteiger partial charge in [-0.1, -0.05) is 58.0 Å². The number of carbonyl (C=O) groups excluding carboxylic acids is 3. The Labute approximate surface area is 200 Å². The number of aliphatic hydroxyl groups excluding tert-OH is 1. The number of nitrogens with two attached hydrogens (primary N) is 1. The molecular weight excluding hydrogens is 440 g/mol. The van der Waals surface area contributed by atoms with E-state index in [9.17, 15) is 29.4 Å². The first-order valence-corrected chi connectivity index (χ1v) is 11.4. The Kier molecular flexibility index (Phi) is 11.7. The number of carboxylic acids is 1. The Balaban J connectivity index is 2.92. The zero-order chi connectivity index (χ0) is 26.0. The zero-order valence-electron chi connectivity index (χ0n) is 20.4. The van der Waals surface area contributed by atoms with Crippen LogP contribution in [0.15, 0.2) is 30.3 Å². The van der Waals surface area contributed by atoms with Crippen LogP contribution in [0.1, 0.15) is 46.6 Å². The summed E-state index contributed by atoms with van der Waals surface area (Å²) in [6, 6.07) is 4.37. The SMILES string of the molecule is CC(C)CC(N)C(=O)NC(C(=O)NC(C(=O)NC(Cc1ccccc1)C(=O)O)C(C)C)C(C)O. The highest BCUT2D eigenvalue weighted by molar-refractivity contribution is 5.94. The molecule has 0 fully saturated rings. The molecule has 190 valence electrons. The number of rotatable bonds is 13. The summed E-state index contributed by atoms with van der Waals surface area (Å²) in [7, 11) is 0. The van der Waals surface area contributed by atoms with Crippen LogP contribution < -0.4 is 21.7 Å². The molecule has 0 radical (unpaired) electrons. The number of hydrogen-bond acceptors (Lipinski definition) is 6. The van der Waals surface area contributed by atoms with E-state index >= 15 is 0 Å². The third kappa shape index (κ3) is 9.48. The monoisotopic (exact) mass is 478 g/mol. The van der Waals surface area contributed by atoms with E-state index in [0.717, 1.165) is 5.56 Å². The predicted octanol–water partition coefficient (Wildman–Crippen LogP) is 0.178. The maximum Gasteiger partial charge on any atom is 0.326 e. The summed E-state index contributed by atoms with van der Waals surface area (Å²) in [4.78, 5) is 49.9. The molecule has 0 aliphatic carbocycles. The van der Waals surface area contributed by atoms with E-state index in [2.05, 4.69) is 16.0 Å². The number of aliphatic hydroxyl groups is 1. The van der Waals surface area contributed by atoms with Crippen molar-refractivity contribution in [3.05, 3.63) is 35.9 Å². The second-order valence-corrected chi connectivity index (χ2v) is 9.28. The molecule has 0 aliphatic heterocycles. The number of benzene rings is 1. The highest BCUT2D eigenvalue weighted by Gasteiger charge is 2.33. The molecule has 10 nitrogen and oxygen atoms in total. The fraction of sp³-hybridized carbons (Fsp3) is 0.583. The van der Waals surface area contributed by atoms with Gasteiger partial charge in [-0.2, -0.15) is 0 Å². The van der Waals surface area contributed by atoms with Gasteiger partial charge in [0.25, 0.3) is 0 Å². The first kappa shape index (κ1) is 29.1. The van der Waals surface area contributed by atoms with E-state index in [1.807, 2.05) is 13.8 Å². The van der Waals surface area contributed by atoms with Crippen LogP contribution in [-0.4, -0.2) is 64.2 Å². The van der Waals surface area contributed by atoms with E-state index in [1.54, 1.807) is 44.2 Å². The van der Waals surface area contributed by atoms with Gasteiger partial charge >= 0.3 is 5.97 Å². The Hall–Kier alpha value is -2.98. The van der Waals surface area contributed by atoms with Gasteiger partial charge in [0.15, 0.2) is 0 Å². The van der Waals surface area contributed by atoms with Gasteiger partial charge < -0.3 is 31.9 Å². The van der Waals surface area contributed by atoms with Gasteiger partial charge in [0.05, 0.1) is 12.1 Å². The van der Waals surface area contributed by atoms with Gasteiger partial charge in [-0.3, -0.25) is 14.4 Å². The largest absolute Gasteiger partial charge is 0.480 e. The van der Waals surface area contributed by atoms with Crippen molar-refractivity contribution in [2.75, 3.05) is 0 Å². The van der Waals surface area contributed by atoms with Gasteiger partial charge in [-0.25, -0.2) is 4.79 Å². The molecule has 0 bridgehead atoms. The van der Waals surface area contributed by atoms with Crippen LogP contribution in [0.5, 0.6) is 0 Å². The molecule has 10 heteroatoms. The lowest BCUT2D eigenvalue weighted by Crippen LogP contribution is -2.61. The van der Waals surface area contributed by atoms with E-state index in [1.165, 1.54) is 6.92 Å². The molecular formula is C24H38N4O6. The highest BCUT2D eigenvalue weighted by atomic mass is 16.4. The quantitative estimate of drug-likeness (QED) is 0.235. The molecule has 1 aromatic rings. The zero-order valence-corrected chi connectivity index (χ0v) is 20.4. The van der Waals surface area contributed by atoms with Crippen LogP contribution in [0.4, 0.5) is 0 Å². The van der Waals surface area contributed by atoms with Crippen molar-refractivity contribution in [2.24, 2.45) is 17.6 Å². The second-order valence-electron chi connectivity index (χ2n) is 9.28. The van der Waals surface area contributed by atoms with Crippen LogP contribution >= 0.6 is 0 Å². The van der Waals surface area contributed by atoms with Crippen molar-refractivity contribution in [1.29, 1.82) is 0 Å². The number of nitrogens with one attached hydrogen (secondary N) is 3. The molecule has 1 rings (SSSR count). The standard InChI is InChI=1S/C24H38N4O6/c1-13(2)11-17(25)21(30)28-20(15(5)29)23(32)27-19(14(3)4)22(31)26-18(24(33)34)12-16-9-7-6-8-10-16/h6-10,13-15,17-20,29H,11-12,25H2,1-5H3,(H,26,31)(H,27,32)(H,28,30)(H,33,34). The highest BCUT2D eigenvalue weighted by Crippen LogP contribution is 2.08. The van der Waals surface area contributed by atoms with Gasteiger partial charge in [0.2, 0.25) is 17.7 Å². The average molecular weight is 479 g/mol. The molecule has 5 atom stereocenters. The lowest BCUT2D eigenvalue weighted by Gasteiger charge is -2.28. The lowest BCUT2D eigenvalue weighted by molar-refractivity contribution is -0.142. The number of hydrogen-bond donors (Lipinski definition) is 6. The van der Waals surface area contributed by atoms with Crippen LogP contribution in [0.3, 0.4) is 0 Å². The Morgan fingerprint density at radius 2 is 1.38 bits per heavy atom. The lowest BCUT2D eigenvalue weighted by atomic mass is 10.00. The van der Waals surface area contributed by atoms with Crippen molar-refractivity contribution in [3.8, 4) is 0 Å². The van der Waals surface area contributed by atoms with Gasteiger partial charge in [0.1, 0.15) is 18.1 Å². The minimum Gasteiger partial charge on any atom is -0.480 e. The third-order valence-corrected chi connectivity index (χ3v) is 5.27. The Morgan fingerprint density at radius 1 is 0.853 bits per heavy atom. The number of carboxylic acid groups (broad SMARTS) is 1. The van der Waals surface area contributed by atoms with Crippen LogP contribution in [0, 0.1) is 11.8 Å². The maximum absolute atomic E-state index is 12.9. The van der Waals surface area contributed by atoms with Crippen molar-refractivity contribution in [1.82, 2.24) is 16.0 Å². The minimum absolute atomic E-state index is 0.0702. The summed E-state index contributed by atoms with van der Waals surface area (Å²) < 4.78 is 0. The predicted molar refractivity (Wildman–Crippen MR) is 128 cm³/mol. The third-order valence-electron chi connectivity index (χ3n) is 5.27. The van der Waals surface area contributed by atoms with Crippen molar-refractivity contribution >= 4 is 23.7 Å². The fourth-order valence-electron chi connectivity index (χ4n) is 3.37. The first-order chi connectivity index (χ1) is 15.8. The Bertz CT molecular complexity index is 828. The molecule has 7 N–H and O–H groups in total. The van der Waals surface area contributed by atoms with E-state index in [4.69, 9.17) is 5.73 Å². The smallest absolute Gasteiger partial charge is 0.326 e. The summed E-state index contributed by atoms with van der Waals surface area (Å²) in [5.41, 5.74) is 6.60. The summed E-state index contributed by atoms with van der Waals surface area (Å²) in [5, 5.41) is 27.1. The van der Waals surface area contributed by atoms with Crippen molar-refractivity contribution in [2.45, 2.75) is 77.7 Å². The van der Waals surface area contributed by atoms with Gasteiger partial charge in [-0.15, -0.1) is 0 Å². The van der Waals surface area contributed by atoms with E-state index in [0.29, 0.717) is 6.42 Å². The molecule has 0 aliphatic rings. The number of amides is 3. The number of aliphatic carboxylic acids is 1. The summed E-state index contributed by atoms with van der Waals surface area (Å²) in [6.45, 7) is 8.52. The second kappa shape index (κ2) is 13.7. The molecule has 0 saturated carbocycles.